The zero-order chi connectivity index (χ0) is 15.2. The molecule has 1 aromatic rings. The Hall–Kier alpha value is -1.99. The van der Waals surface area contributed by atoms with Crippen molar-refractivity contribution in [1.29, 1.82) is 0 Å². The molecule has 3 rings (SSSR count). The molecule has 2 N–H and O–H groups in total. The number of aromatic nitrogens is 1. The fourth-order valence-corrected chi connectivity index (χ4v) is 3.26. The Morgan fingerprint density at radius 2 is 2.14 bits per heavy atom. The van der Waals surface area contributed by atoms with E-state index in [2.05, 4.69) is 10.3 Å². The maximum absolute atomic E-state index is 12.4. The molecule has 21 heavy (non-hydrogen) atoms. The lowest BCUT2D eigenvalue weighted by atomic mass is 10.1. The second-order valence-electron chi connectivity index (χ2n) is 5.52. The van der Waals surface area contributed by atoms with Gasteiger partial charge in [-0.15, -0.1) is 0 Å². The van der Waals surface area contributed by atoms with Crippen LogP contribution < -0.4 is 5.32 Å². The number of anilines is 1. The number of piperidine rings is 1. The summed E-state index contributed by atoms with van der Waals surface area (Å²) in [6.45, 7) is 0.545. The zero-order valence-electron chi connectivity index (χ0n) is 11.0. The lowest BCUT2D eigenvalue weighted by Crippen LogP contribution is -2.47. The number of alkyl halides is 3. The standard InChI is InChI=1S/C13H14F3N3O2/c14-13(15,16)11-2-1-8(5-17-11)18-9-3-7-4-10(9)19(6-7)12(20)21/h1-2,5,7,9-10,18H,3-4,6H2,(H,20,21). The number of nitrogens with zero attached hydrogens (tertiary/aromatic N) is 2. The number of carbonyl (C=O) groups is 1. The summed E-state index contributed by atoms with van der Waals surface area (Å²) >= 11 is 0. The van der Waals surface area contributed by atoms with Crippen molar-refractivity contribution in [2.75, 3.05) is 11.9 Å². The number of hydrogen-bond acceptors (Lipinski definition) is 3. The molecular weight excluding hydrogens is 287 g/mol. The molecule has 0 radical (unpaired) electrons. The largest absolute Gasteiger partial charge is 0.465 e. The van der Waals surface area contributed by atoms with Crippen molar-refractivity contribution >= 4 is 11.8 Å². The van der Waals surface area contributed by atoms with E-state index >= 15 is 0 Å². The van der Waals surface area contributed by atoms with E-state index in [-0.39, 0.29) is 12.1 Å². The maximum atomic E-state index is 12.4. The van der Waals surface area contributed by atoms with Crippen molar-refractivity contribution in [2.45, 2.75) is 31.1 Å². The minimum atomic E-state index is -4.45. The van der Waals surface area contributed by atoms with Gasteiger partial charge in [0.15, 0.2) is 0 Å². The number of hydrogen-bond donors (Lipinski definition) is 2. The first-order valence-electron chi connectivity index (χ1n) is 6.64. The van der Waals surface area contributed by atoms with Crippen molar-refractivity contribution in [1.82, 2.24) is 9.88 Å². The minimum Gasteiger partial charge on any atom is -0.465 e. The zero-order valence-corrected chi connectivity index (χ0v) is 11.0. The van der Waals surface area contributed by atoms with Gasteiger partial charge in [0, 0.05) is 12.6 Å². The maximum Gasteiger partial charge on any atom is 0.433 e. The minimum absolute atomic E-state index is 0.0709. The molecule has 1 aromatic heterocycles. The summed E-state index contributed by atoms with van der Waals surface area (Å²) < 4.78 is 37.3. The Morgan fingerprint density at radius 3 is 2.67 bits per heavy atom. The first-order valence-corrected chi connectivity index (χ1v) is 6.64. The topological polar surface area (TPSA) is 65.5 Å². The molecule has 1 amide bonds. The Morgan fingerprint density at radius 1 is 1.38 bits per heavy atom. The fourth-order valence-electron chi connectivity index (χ4n) is 3.26. The lowest BCUT2D eigenvalue weighted by molar-refractivity contribution is -0.141. The van der Waals surface area contributed by atoms with Gasteiger partial charge >= 0.3 is 12.3 Å². The molecule has 0 aromatic carbocycles. The van der Waals surface area contributed by atoms with E-state index < -0.39 is 18.0 Å². The number of fused-ring (bicyclic) bond motifs is 2. The monoisotopic (exact) mass is 301 g/mol. The number of likely N-dealkylation sites (tertiary alicyclic amines) is 1. The molecule has 2 heterocycles. The molecule has 5 nitrogen and oxygen atoms in total. The number of pyridine rings is 1. The van der Waals surface area contributed by atoms with Gasteiger partial charge in [0.25, 0.3) is 0 Å². The van der Waals surface area contributed by atoms with Gasteiger partial charge in [-0.3, -0.25) is 0 Å². The van der Waals surface area contributed by atoms with E-state index in [0.717, 1.165) is 25.1 Å². The molecule has 2 fully saturated rings. The Labute approximate surface area is 118 Å². The van der Waals surface area contributed by atoms with Crippen molar-refractivity contribution in [3.63, 3.8) is 0 Å². The van der Waals surface area contributed by atoms with Crippen LogP contribution in [0.5, 0.6) is 0 Å². The summed E-state index contributed by atoms with van der Waals surface area (Å²) in [5.74, 6) is 0.325. The normalized spacial score (nSPS) is 28.0. The van der Waals surface area contributed by atoms with Crippen LogP contribution in [-0.4, -0.2) is 39.7 Å². The average molecular weight is 301 g/mol. The summed E-state index contributed by atoms with van der Waals surface area (Å²) in [6.07, 6.45) is -2.63. The van der Waals surface area contributed by atoms with Gasteiger partial charge in [-0.2, -0.15) is 13.2 Å². The number of halogens is 3. The molecule has 114 valence electrons. The third-order valence-corrected chi connectivity index (χ3v) is 4.13. The van der Waals surface area contributed by atoms with Gasteiger partial charge in [0.2, 0.25) is 0 Å². The van der Waals surface area contributed by atoms with Gasteiger partial charge in [-0.25, -0.2) is 9.78 Å². The van der Waals surface area contributed by atoms with E-state index in [1.807, 2.05) is 0 Å². The molecule has 2 aliphatic rings. The van der Waals surface area contributed by atoms with Crippen LogP contribution >= 0.6 is 0 Å². The van der Waals surface area contributed by atoms with Crippen LogP contribution in [-0.2, 0) is 6.18 Å². The van der Waals surface area contributed by atoms with Crippen molar-refractivity contribution in [3.05, 3.63) is 24.0 Å². The highest BCUT2D eigenvalue weighted by atomic mass is 19.4. The van der Waals surface area contributed by atoms with Crippen LogP contribution in [0.15, 0.2) is 18.3 Å². The van der Waals surface area contributed by atoms with Gasteiger partial charge in [0.1, 0.15) is 5.69 Å². The Bertz CT molecular complexity index is 547. The Balaban J connectivity index is 1.69. The summed E-state index contributed by atoms with van der Waals surface area (Å²) in [7, 11) is 0. The van der Waals surface area contributed by atoms with Crippen LogP contribution in [0.1, 0.15) is 18.5 Å². The molecule has 1 aliphatic carbocycles. The number of rotatable bonds is 2. The van der Waals surface area contributed by atoms with Gasteiger partial charge in [-0.05, 0) is 30.9 Å². The van der Waals surface area contributed by atoms with Crippen LogP contribution in [0.2, 0.25) is 0 Å². The molecule has 2 bridgehead atoms. The predicted molar refractivity (Wildman–Crippen MR) is 67.9 cm³/mol. The van der Waals surface area contributed by atoms with Gasteiger partial charge in [-0.1, -0.05) is 0 Å². The van der Waals surface area contributed by atoms with Gasteiger partial charge < -0.3 is 15.3 Å². The molecule has 3 atom stereocenters. The number of amides is 1. The third kappa shape index (κ3) is 2.62. The second-order valence-corrected chi connectivity index (χ2v) is 5.52. The van der Waals surface area contributed by atoms with Crippen LogP contribution in [0, 0.1) is 5.92 Å². The molecule has 1 saturated carbocycles. The fraction of sp³-hybridized carbons (Fsp3) is 0.538. The number of nitrogens with one attached hydrogen (secondary N) is 1. The molecule has 0 spiro atoms. The molecular formula is C13H14F3N3O2. The molecule has 1 aliphatic heterocycles. The van der Waals surface area contributed by atoms with Gasteiger partial charge in [0.05, 0.1) is 17.9 Å². The second kappa shape index (κ2) is 4.78. The summed E-state index contributed by atoms with van der Waals surface area (Å²) in [6, 6.07) is 2.06. The average Bonchev–Trinajstić information content (AvgIpc) is 2.98. The van der Waals surface area contributed by atoms with E-state index in [0.29, 0.717) is 18.2 Å². The quantitative estimate of drug-likeness (QED) is 0.881. The van der Waals surface area contributed by atoms with Crippen molar-refractivity contribution < 1.29 is 23.1 Å². The predicted octanol–water partition coefficient (Wildman–Crippen LogP) is 2.65. The summed E-state index contributed by atoms with van der Waals surface area (Å²) in [4.78, 5) is 15.9. The summed E-state index contributed by atoms with van der Waals surface area (Å²) in [5.41, 5.74) is -0.459. The van der Waals surface area contributed by atoms with Crippen LogP contribution in [0.4, 0.5) is 23.7 Å². The smallest absolute Gasteiger partial charge is 0.433 e. The first-order chi connectivity index (χ1) is 9.84. The van der Waals surface area contributed by atoms with Crippen molar-refractivity contribution in [3.8, 4) is 0 Å². The van der Waals surface area contributed by atoms with Crippen LogP contribution in [0.25, 0.3) is 0 Å². The highest BCUT2D eigenvalue weighted by Crippen LogP contribution is 2.39. The lowest BCUT2D eigenvalue weighted by Gasteiger charge is -2.32. The first kappa shape index (κ1) is 14.0. The highest BCUT2D eigenvalue weighted by Gasteiger charge is 2.47. The number of carboxylic acid groups (broad SMARTS) is 1. The molecule has 1 saturated heterocycles. The van der Waals surface area contributed by atoms with E-state index in [1.54, 1.807) is 0 Å². The Kier molecular flexibility index (Phi) is 3.18. The van der Waals surface area contributed by atoms with E-state index in [9.17, 15) is 18.0 Å². The van der Waals surface area contributed by atoms with E-state index in [4.69, 9.17) is 5.11 Å². The van der Waals surface area contributed by atoms with E-state index in [1.165, 1.54) is 11.0 Å². The van der Waals surface area contributed by atoms with Crippen molar-refractivity contribution in [2.24, 2.45) is 5.92 Å². The van der Waals surface area contributed by atoms with Crippen LogP contribution in [0.3, 0.4) is 0 Å². The summed E-state index contributed by atoms with van der Waals surface area (Å²) in [5, 5.41) is 12.2. The third-order valence-electron chi connectivity index (χ3n) is 4.13. The SMILES string of the molecule is O=C(O)N1CC2CC(Nc3ccc(C(F)(F)F)nc3)C1C2. The molecule has 3 unspecified atom stereocenters. The molecule has 8 heteroatoms. The highest BCUT2D eigenvalue weighted by molar-refractivity contribution is 5.66.